The minimum absolute atomic E-state index is 0.0135. The first kappa shape index (κ1) is 17.7. The summed E-state index contributed by atoms with van der Waals surface area (Å²) in [5.41, 5.74) is 0.964. The number of piperazine rings is 1. The van der Waals surface area contributed by atoms with E-state index in [1.807, 2.05) is 25.7 Å². The zero-order chi connectivity index (χ0) is 15.8. The smallest absolute Gasteiger partial charge is 0.238 e. The molecule has 0 radical (unpaired) electrons. The van der Waals surface area contributed by atoms with E-state index >= 15 is 0 Å². The quantitative estimate of drug-likeness (QED) is 0.640. The van der Waals surface area contributed by atoms with Gasteiger partial charge in [0.1, 0.15) is 6.04 Å². The summed E-state index contributed by atoms with van der Waals surface area (Å²) in [6.07, 6.45) is 0. The van der Waals surface area contributed by atoms with Crippen molar-refractivity contribution in [2.45, 2.75) is 26.8 Å². The molecule has 0 aromatic rings. The molecule has 21 heavy (non-hydrogen) atoms. The number of amides is 2. The van der Waals surface area contributed by atoms with Gasteiger partial charge in [0.25, 0.3) is 0 Å². The fourth-order valence-corrected chi connectivity index (χ4v) is 2.46. The molecule has 0 aromatic carbocycles. The minimum atomic E-state index is -0.272. The number of nitrogens with zero attached hydrogens (tertiary/aromatic N) is 2. The van der Waals surface area contributed by atoms with Gasteiger partial charge in [-0.3, -0.25) is 14.5 Å². The van der Waals surface area contributed by atoms with Crippen molar-refractivity contribution in [3.8, 4) is 0 Å². The number of nitrogens with one attached hydrogen (secondary N) is 2. The molecule has 0 aromatic heterocycles. The number of carbonyl (C=O) groups is 2. The molecule has 1 heterocycles. The number of hydrogen-bond acceptors (Lipinski definition) is 4. The van der Waals surface area contributed by atoms with Crippen molar-refractivity contribution in [2.24, 2.45) is 0 Å². The Kier molecular flexibility index (Phi) is 7.39. The molecule has 0 spiro atoms. The Bertz CT molecular complexity index is 384. The highest BCUT2D eigenvalue weighted by atomic mass is 16.2. The second-order valence-electron chi connectivity index (χ2n) is 5.45. The molecule has 1 rings (SSSR count). The minimum Gasteiger partial charge on any atom is -0.355 e. The average Bonchev–Trinajstić information content (AvgIpc) is 2.45. The largest absolute Gasteiger partial charge is 0.355 e. The average molecular weight is 296 g/mol. The Morgan fingerprint density at radius 2 is 2.14 bits per heavy atom. The Morgan fingerprint density at radius 1 is 1.43 bits per heavy atom. The van der Waals surface area contributed by atoms with E-state index in [2.05, 4.69) is 17.2 Å². The first-order valence-electron chi connectivity index (χ1n) is 7.64. The van der Waals surface area contributed by atoms with Gasteiger partial charge in [-0.1, -0.05) is 12.2 Å². The van der Waals surface area contributed by atoms with E-state index in [4.69, 9.17) is 0 Å². The zero-order valence-electron chi connectivity index (χ0n) is 13.4. The third kappa shape index (κ3) is 5.47. The molecule has 2 N–H and O–H groups in total. The van der Waals surface area contributed by atoms with E-state index in [1.165, 1.54) is 0 Å². The van der Waals surface area contributed by atoms with Crippen molar-refractivity contribution in [2.75, 3.05) is 45.8 Å². The van der Waals surface area contributed by atoms with Gasteiger partial charge in [0.2, 0.25) is 11.8 Å². The lowest BCUT2D eigenvalue weighted by Crippen LogP contribution is -2.59. The molecule has 1 atom stereocenters. The SMILES string of the molecule is C=C(C)CN(CC)C(=O)CN1CCNCC1C(=O)NCC. The van der Waals surface area contributed by atoms with E-state index in [0.29, 0.717) is 32.7 Å². The van der Waals surface area contributed by atoms with Crippen LogP contribution in [0.4, 0.5) is 0 Å². The van der Waals surface area contributed by atoms with Crippen LogP contribution in [-0.2, 0) is 9.59 Å². The first-order chi connectivity index (χ1) is 9.99. The van der Waals surface area contributed by atoms with Crippen LogP contribution in [0, 0.1) is 0 Å². The summed E-state index contributed by atoms with van der Waals surface area (Å²) in [5, 5.41) is 6.05. The van der Waals surface area contributed by atoms with Crippen LogP contribution in [0.2, 0.25) is 0 Å². The van der Waals surface area contributed by atoms with Gasteiger partial charge in [-0.25, -0.2) is 0 Å². The Labute approximate surface area is 127 Å². The van der Waals surface area contributed by atoms with Crippen LogP contribution in [0.15, 0.2) is 12.2 Å². The van der Waals surface area contributed by atoms with Crippen LogP contribution in [0.25, 0.3) is 0 Å². The van der Waals surface area contributed by atoms with Crippen molar-refractivity contribution in [3.05, 3.63) is 12.2 Å². The molecular formula is C15H28N4O2. The third-order valence-electron chi connectivity index (χ3n) is 3.54. The zero-order valence-corrected chi connectivity index (χ0v) is 13.4. The van der Waals surface area contributed by atoms with Gasteiger partial charge >= 0.3 is 0 Å². The van der Waals surface area contributed by atoms with Gasteiger partial charge in [0.05, 0.1) is 6.54 Å². The fraction of sp³-hybridized carbons (Fsp3) is 0.733. The van der Waals surface area contributed by atoms with Crippen molar-refractivity contribution in [1.82, 2.24) is 20.4 Å². The molecule has 0 bridgehead atoms. The van der Waals surface area contributed by atoms with Gasteiger partial charge in [0.15, 0.2) is 0 Å². The molecule has 120 valence electrons. The summed E-state index contributed by atoms with van der Waals surface area (Å²) in [5.74, 6) is 0.0390. The Balaban J connectivity index is 2.65. The van der Waals surface area contributed by atoms with Crippen LogP contribution in [0.5, 0.6) is 0 Å². The highest BCUT2D eigenvalue weighted by molar-refractivity contribution is 5.84. The van der Waals surface area contributed by atoms with Crippen LogP contribution in [-0.4, -0.2) is 73.5 Å². The second kappa shape index (κ2) is 8.79. The lowest BCUT2D eigenvalue weighted by Gasteiger charge is -2.35. The summed E-state index contributed by atoms with van der Waals surface area (Å²) in [4.78, 5) is 28.2. The number of hydrogen-bond donors (Lipinski definition) is 2. The van der Waals surface area contributed by atoms with Crippen LogP contribution in [0.1, 0.15) is 20.8 Å². The monoisotopic (exact) mass is 296 g/mol. The second-order valence-corrected chi connectivity index (χ2v) is 5.45. The number of rotatable bonds is 7. The molecule has 1 aliphatic heterocycles. The first-order valence-corrected chi connectivity index (χ1v) is 7.64. The fourth-order valence-electron chi connectivity index (χ4n) is 2.46. The molecule has 1 unspecified atom stereocenters. The summed E-state index contributed by atoms with van der Waals surface area (Å²) in [6.45, 7) is 13.8. The maximum absolute atomic E-state index is 12.4. The highest BCUT2D eigenvalue weighted by Crippen LogP contribution is 2.06. The molecule has 1 saturated heterocycles. The molecule has 1 fully saturated rings. The third-order valence-corrected chi connectivity index (χ3v) is 3.54. The van der Waals surface area contributed by atoms with Gasteiger partial charge in [-0.15, -0.1) is 0 Å². The van der Waals surface area contributed by atoms with Gasteiger partial charge in [-0.2, -0.15) is 0 Å². The van der Waals surface area contributed by atoms with E-state index < -0.39 is 0 Å². The number of likely N-dealkylation sites (N-methyl/N-ethyl adjacent to an activating group) is 2. The number of carbonyl (C=O) groups excluding carboxylic acids is 2. The lowest BCUT2D eigenvalue weighted by molar-refractivity contribution is -0.135. The van der Waals surface area contributed by atoms with E-state index in [-0.39, 0.29) is 24.4 Å². The Hall–Kier alpha value is -1.40. The van der Waals surface area contributed by atoms with E-state index in [1.54, 1.807) is 4.90 Å². The van der Waals surface area contributed by atoms with Crippen molar-refractivity contribution >= 4 is 11.8 Å². The predicted molar refractivity (Wildman–Crippen MR) is 84.0 cm³/mol. The summed E-state index contributed by atoms with van der Waals surface area (Å²) in [6, 6.07) is -0.272. The highest BCUT2D eigenvalue weighted by Gasteiger charge is 2.30. The predicted octanol–water partition coefficient (Wildman–Crippen LogP) is -0.179. The topological polar surface area (TPSA) is 64.7 Å². The standard InChI is InChI=1S/C15H28N4O2/c1-5-17-15(21)13-9-16-7-8-19(13)11-14(20)18(6-2)10-12(3)4/h13,16H,3,5-11H2,1-2,4H3,(H,17,21). The van der Waals surface area contributed by atoms with Crippen LogP contribution >= 0.6 is 0 Å². The van der Waals surface area contributed by atoms with Gasteiger partial charge < -0.3 is 15.5 Å². The van der Waals surface area contributed by atoms with Gasteiger partial charge in [0, 0.05) is 39.3 Å². The van der Waals surface area contributed by atoms with Gasteiger partial charge in [-0.05, 0) is 20.8 Å². The molecule has 0 aliphatic carbocycles. The maximum atomic E-state index is 12.4. The normalized spacial score (nSPS) is 19.1. The maximum Gasteiger partial charge on any atom is 0.238 e. The summed E-state index contributed by atoms with van der Waals surface area (Å²) in [7, 11) is 0. The van der Waals surface area contributed by atoms with E-state index in [0.717, 1.165) is 12.1 Å². The molecule has 2 amide bonds. The molecule has 6 nitrogen and oxygen atoms in total. The van der Waals surface area contributed by atoms with Crippen molar-refractivity contribution < 1.29 is 9.59 Å². The molecular weight excluding hydrogens is 268 g/mol. The Morgan fingerprint density at radius 3 is 2.71 bits per heavy atom. The lowest BCUT2D eigenvalue weighted by atomic mass is 10.1. The van der Waals surface area contributed by atoms with Crippen LogP contribution in [0.3, 0.4) is 0 Å². The summed E-state index contributed by atoms with van der Waals surface area (Å²) < 4.78 is 0. The van der Waals surface area contributed by atoms with Crippen molar-refractivity contribution in [1.29, 1.82) is 0 Å². The molecule has 6 heteroatoms. The summed E-state index contributed by atoms with van der Waals surface area (Å²) >= 11 is 0. The van der Waals surface area contributed by atoms with E-state index in [9.17, 15) is 9.59 Å². The molecule has 0 saturated carbocycles. The van der Waals surface area contributed by atoms with Crippen LogP contribution < -0.4 is 10.6 Å². The van der Waals surface area contributed by atoms with Crippen molar-refractivity contribution in [3.63, 3.8) is 0 Å². The molecule has 1 aliphatic rings.